The van der Waals surface area contributed by atoms with E-state index in [0.717, 1.165) is 17.7 Å². The number of hydrogen-bond acceptors (Lipinski definition) is 4. The standard InChI is InChI=1S/C13H17N3O2/c1-4-5-16(8-12(17)18)13-11(7-14)9(2)6-10(3)15-13/h6H,4-5,8H2,1-3H3,(H,17,18). The number of rotatable bonds is 5. The van der Waals surface area contributed by atoms with E-state index in [1.165, 1.54) is 0 Å². The fourth-order valence-electron chi connectivity index (χ4n) is 1.88. The van der Waals surface area contributed by atoms with Crippen LogP contribution in [0.2, 0.25) is 0 Å². The largest absolute Gasteiger partial charge is 0.480 e. The molecule has 96 valence electrons. The van der Waals surface area contributed by atoms with Crippen molar-refractivity contribution in [3.05, 3.63) is 22.9 Å². The van der Waals surface area contributed by atoms with Crippen molar-refractivity contribution in [1.82, 2.24) is 4.98 Å². The fourth-order valence-corrected chi connectivity index (χ4v) is 1.88. The molecule has 0 bridgehead atoms. The SMILES string of the molecule is CCCN(CC(=O)O)c1nc(C)cc(C)c1C#N. The Bertz CT molecular complexity index is 492. The molecule has 0 saturated carbocycles. The molecule has 5 nitrogen and oxygen atoms in total. The summed E-state index contributed by atoms with van der Waals surface area (Å²) < 4.78 is 0. The van der Waals surface area contributed by atoms with Crippen LogP contribution in [0.25, 0.3) is 0 Å². The monoisotopic (exact) mass is 247 g/mol. The molecule has 0 radical (unpaired) electrons. The highest BCUT2D eigenvalue weighted by atomic mass is 16.4. The first kappa shape index (κ1) is 14.0. The number of aliphatic carboxylic acids is 1. The van der Waals surface area contributed by atoms with Crippen molar-refractivity contribution in [1.29, 1.82) is 5.26 Å². The van der Waals surface area contributed by atoms with Crippen LogP contribution in [0.5, 0.6) is 0 Å². The first-order valence-corrected chi connectivity index (χ1v) is 5.84. The minimum Gasteiger partial charge on any atom is -0.480 e. The third-order valence-corrected chi connectivity index (χ3v) is 2.56. The molecule has 0 saturated heterocycles. The van der Waals surface area contributed by atoms with Gasteiger partial charge in [-0.2, -0.15) is 5.26 Å². The Hall–Kier alpha value is -2.09. The van der Waals surface area contributed by atoms with Gasteiger partial charge in [0.05, 0.1) is 5.56 Å². The van der Waals surface area contributed by atoms with Crippen molar-refractivity contribution in [2.24, 2.45) is 0 Å². The van der Waals surface area contributed by atoms with E-state index in [2.05, 4.69) is 11.1 Å². The molecule has 0 aliphatic carbocycles. The zero-order valence-corrected chi connectivity index (χ0v) is 10.9. The lowest BCUT2D eigenvalue weighted by atomic mass is 10.1. The highest BCUT2D eigenvalue weighted by molar-refractivity contribution is 5.74. The van der Waals surface area contributed by atoms with Crippen LogP contribution in [-0.4, -0.2) is 29.1 Å². The molecule has 1 N–H and O–H groups in total. The van der Waals surface area contributed by atoms with Crippen molar-refractivity contribution in [3.63, 3.8) is 0 Å². The van der Waals surface area contributed by atoms with Gasteiger partial charge < -0.3 is 10.0 Å². The summed E-state index contributed by atoms with van der Waals surface area (Å²) in [6, 6.07) is 3.93. The van der Waals surface area contributed by atoms with Gasteiger partial charge in [0.15, 0.2) is 0 Å². The molecule has 5 heteroatoms. The molecule has 0 aromatic carbocycles. The lowest BCUT2D eigenvalue weighted by Gasteiger charge is -2.23. The van der Waals surface area contributed by atoms with E-state index >= 15 is 0 Å². The maximum atomic E-state index is 10.9. The molecule has 0 unspecified atom stereocenters. The molecule has 0 aliphatic heterocycles. The second kappa shape index (κ2) is 6.01. The zero-order chi connectivity index (χ0) is 13.7. The summed E-state index contributed by atoms with van der Waals surface area (Å²) >= 11 is 0. The topological polar surface area (TPSA) is 77.2 Å². The third kappa shape index (κ3) is 3.20. The average molecular weight is 247 g/mol. The van der Waals surface area contributed by atoms with Gasteiger partial charge in [-0.25, -0.2) is 4.98 Å². The molecule has 1 heterocycles. The zero-order valence-electron chi connectivity index (χ0n) is 10.9. The lowest BCUT2D eigenvalue weighted by molar-refractivity contribution is -0.135. The van der Waals surface area contributed by atoms with Crippen molar-refractivity contribution >= 4 is 11.8 Å². The number of aryl methyl sites for hydroxylation is 2. The number of anilines is 1. The van der Waals surface area contributed by atoms with Gasteiger partial charge in [0.25, 0.3) is 0 Å². The summed E-state index contributed by atoms with van der Waals surface area (Å²) in [6.45, 7) is 6.06. The molecule has 0 aliphatic rings. The molecule has 1 aromatic rings. The van der Waals surface area contributed by atoms with Gasteiger partial charge in [0, 0.05) is 12.2 Å². The van der Waals surface area contributed by atoms with E-state index in [1.54, 1.807) is 4.90 Å². The van der Waals surface area contributed by atoms with E-state index in [1.807, 2.05) is 26.8 Å². The smallest absolute Gasteiger partial charge is 0.323 e. The van der Waals surface area contributed by atoms with Crippen LogP contribution >= 0.6 is 0 Å². The van der Waals surface area contributed by atoms with E-state index in [4.69, 9.17) is 5.11 Å². The van der Waals surface area contributed by atoms with Crippen LogP contribution in [0.1, 0.15) is 30.2 Å². The Morgan fingerprint density at radius 3 is 2.72 bits per heavy atom. The minimum absolute atomic E-state index is 0.140. The van der Waals surface area contributed by atoms with E-state index in [0.29, 0.717) is 17.9 Å². The number of aromatic nitrogens is 1. The van der Waals surface area contributed by atoms with Crippen LogP contribution in [0, 0.1) is 25.2 Å². The summed E-state index contributed by atoms with van der Waals surface area (Å²) in [5.74, 6) is -0.451. The van der Waals surface area contributed by atoms with Crippen molar-refractivity contribution in [2.75, 3.05) is 18.0 Å². The lowest BCUT2D eigenvalue weighted by Crippen LogP contribution is -2.32. The van der Waals surface area contributed by atoms with E-state index in [-0.39, 0.29) is 6.54 Å². The highest BCUT2D eigenvalue weighted by Gasteiger charge is 2.17. The van der Waals surface area contributed by atoms with Crippen LogP contribution < -0.4 is 4.90 Å². The predicted octanol–water partition coefficient (Wildman–Crippen LogP) is 1.87. The number of carboxylic acids is 1. The first-order valence-electron chi connectivity index (χ1n) is 5.84. The normalized spacial score (nSPS) is 9.89. The first-order chi connectivity index (χ1) is 8.49. The number of carbonyl (C=O) groups is 1. The van der Waals surface area contributed by atoms with Gasteiger partial charge in [-0.15, -0.1) is 0 Å². The average Bonchev–Trinajstić information content (AvgIpc) is 2.27. The van der Waals surface area contributed by atoms with Gasteiger partial charge >= 0.3 is 5.97 Å². The summed E-state index contributed by atoms with van der Waals surface area (Å²) in [7, 11) is 0. The van der Waals surface area contributed by atoms with Gasteiger partial charge in [-0.05, 0) is 31.9 Å². The molecular formula is C13H17N3O2. The number of nitrogens with zero attached hydrogens (tertiary/aromatic N) is 3. The Morgan fingerprint density at radius 1 is 1.56 bits per heavy atom. The minimum atomic E-state index is -0.923. The van der Waals surface area contributed by atoms with Crippen molar-refractivity contribution in [3.8, 4) is 6.07 Å². The number of pyridine rings is 1. The van der Waals surface area contributed by atoms with Gasteiger partial charge in [-0.1, -0.05) is 6.92 Å². The quantitative estimate of drug-likeness (QED) is 0.859. The summed E-state index contributed by atoms with van der Waals surface area (Å²) in [4.78, 5) is 16.8. The summed E-state index contributed by atoms with van der Waals surface area (Å²) in [5.41, 5.74) is 2.06. The Balaban J connectivity index is 3.26. The summed E-state index contributed by atoms with van der Waals surface area (Å²) in [5, 5.41) is 18.1. The van der Waals surface area contributed by atoms with Gasteiger partial charge in [-0.3, -0.25) is 4.79 Å². The summed E-state index contributed by atoms with van der Waals surface area (Å²) in [6.07, 6.45) is 0.798. The molecule has 1 rings (SSSR count). The maximum Gasteiger partial charge on any atom is 0.323 e. The van der Waals surface area contributed by atoms with Crippen molar-refractivity contribution in [2.45, 2.75) is 27.2 Å². The van der Waals surface area contributed by atoms with E-state index in [9.17, 15) is 10.1 Å². The third-order valence-electron chi connectivity index (χ3n) is 2.56. The number of carboxylic acid groups (broad SMARTS) is 1. The van der Waals surface area contributed by atoms with Crippen molar-refractivity contribution < 1.29 is 9.90 Å². The Labute approximate surface area is 107 Å². The Morgan fingerprint density at radius 2 is 2.22 bits per heavy atom. The van der Waals surface area contributed by atoms with Crippen LogP contribution in [0.15, 0.2) is 6.07 Å². The predicted molar refractivity (Wildman–Crippen MR) is 68.6 cm³/mol. The van der Waals surface area contributed by atoms with Crippen LogP contribution in [0.4, 0.5) is 5.82 Å². The molecule has 0 spiro atoms. The molecular weight excluding hydrogens is 230 g/mol. The number of hydrogen-bond donors (Lipinski definition) is 1. The number of nitriles is 1. The van der Waals surface area contributed by atoms with E-state index < -0.39 is 5.97 Å². The van der Waals surface area contributed by atoms with Crippen LogP contribution in [-0.2, 0) is 4.79 Å². The molecule has 18 heavy (non-hydrogen) atoms. The molecule has 1 aromatic heterocycles. The maximum absolute atomic E-state index is 10.9. The molecule has 0 fully saturated rings. The second-order valence-corrected chi connectivity index (χ2v) is 4.21. The van der Waals surface area contributed by atoms with Gasteiger partial charge in [0.1, 0.15) is 18.4 Å². The highest BCUT2D eigenvalue weighted by Crippen LogP contribution is 2.21. The molecule has 0 amide bonds. The second-order valence-electron chi connectivity index (χ2n) is 4.21. The molecule has 0 atom stereocenters. The van der Waals surface area contributed by atoms with Crippen LogP contribution in [0.3, 0.4) is 0 Å². The van der Waals surface area contributed by atoms with Gasteiger partial charge in [0.2, 0.25) is 0 Å². The Kier molecular flexibility index (Phi) is 4.67. The fraction of sp³-hybridized carbons (Fsp3) is 0.462.